The van der Waals surface area contributed by atoms with E-state index in [0.29, 0.717) is 22.6 Å². The van der Waals surface area contributed by atoms with Gasteiger partial charge in [-0.2, -0.15) is 0 Å². The van der Waals surface area contributed by atoms with Crippen LogP contribution in [0.15, 0.2) is 41.3 Å². The van der Waals surface area contributed by atoms with Gasteiger partial charge in [0.25, 0.3) is 17.1 Å². The van der Waals surface area contributed by atoms with Crippen molar-refractivity contribution in [3.05, 3.63) is 63.8 Å². The molecule has 0 bridgehead atoms. The van der Waals surface area contributed by atoms with Crippen molar-refractivity contribution in [3.8, 4) is 11.5 Å². The molecule has 162 valence electrons. The highest BCUT2D eigenvalue weighted by Gasteiger charge is 2.34. The minimum absolute atomic E-state index is 0.0251. The van der Waals surface area contributed by atoms with Crippen LogP contribution in [-0.4, -0.2) is 49.3 Å². The maximum Gasteiger partial charge on any atom is 0.293 e. The van der Waals surface area contributed by atoms with E-state index in [1.165, 1.54) is 44.6 Å². The van der Waals surface area contributed by atoms with Gasteiger partial charge in [-0.1, -0.05) is 12.1 Å². The minimum Gasteiger partial charge on any atom is -0.496 e. The predicted molar refractivity (Wildman–Crippen MR) is 116 cm³/mol. The van der Waals surface area contributed by atoms with Crippen LogP contribution < -0.4 is 14.8 Å². The van der Waals surface area contributed by atoms with Gasteiger partial charge in [0.1, 0.15) is 17.3 Å². The lowest BCUT2D eigenvalue weighted by molar-refractivity contribution is -0.122. The second-order valence-corrected chi connectivity index (χ2v) is 7.64. The van der Waals surface area contributed by atoms with Gasteiger partial charge in [-0.05, 0) is 54.6 Å². The van der Waals surface area contributed by atoms with Crippen molar-refractivity contribution in [2.24, 2.45) is 0 Å². The van der Waals surface area contributed by atoms with Crippen molar-refractivity contribution < 1.29 is 28.2 Å². The first-order valence-electron chi connectivity index (χ1n) is 9.35. The fraction of sp³-hybridized carbons (Fsp3) is 0.227. The average molecular weight is 444 g/mol. The normalized spacial score (nSPS) is 14.8. The van der Waals surface area contributed by atoms with Crippen molar-refractivity contribution in [1.29, 1.82) is 0 Å². The van der Waals surface area contributed by atoms with E-state index in [1.807, 2.05) is 6.92 Å². The predicted octanol–water partition coefficient (Wildman–Crippen LogP) is 3.62. The molecule has 0 saturated carbocycles. The molecule has 31 heavy (non-hydrogen) atoms. The number of nitrogens with one attached hydrogen (secondary N) is 1. The first kappa shape index (κ1) is 22.4. The van der Waals surface area contributed by atoms with E-state index in [9.17, 15) is 18.8 Å². The van der Waals surface area contributed by atoms with E-state index in [4.69, 9.17) is 9.47 Å². The smallest absolute Gasteiger partial charge is 0.293 e. The summed E-state index contributed by atoms with van der Waals surface area (Å²) in [4.78, 5) is 38.6. The lowest BCUT2D eigenvalue weighted by Gasteiger charge is -2.15. The highest BCUT2D eigenvalue weighted by atomic mass is 32.2. The van der Waals surface area contributed by atoms with Gasteiger partial charge in [0, 0.05) is 24.2 Å². The second-order valence-electron chi connectivity index (χ2n) is 6.65. The van der Waals surface area contributed by atoms with Crippen molar-refractivity contribution in [2.75, 3.05) is 27.3 Å². The van der Waals surface area contributed by atoms with Crippen LogP contribution in [0.25, 0.3) is 6.08 Å². The Hall–Kier alpha value is -3.33. The summed E-state index contributed by atoms with van der Waals surface area (Å²) in [5.74, 6) is -0.190. The van der Waals surface area contributed by atoms with Crippen LogP contribution in [0.4, 0.5) is 9.18 Å². The third-order valence-electron chi connectivity index (χ3n) is 4.68. The van der Waals surface area contributed by atoms with E-state index >= 15 is 0 Å². The Balaban J connectivity index is 1.63. The Labute approximate surface area is 183 Å². The van der Waals surface area contributed by atoms with E-state index in [1.54, 1.807) is 12.1 Å². The number of amides is 3. The number of halogens is 1. The molecule has 1 heterocycles. The number of hydrogen-bond acceptors (Lipinski definition) is 6. The van der Waals surface area contributed by atoms with Gasteiger partial charge in [0.05, 0.1) is 19.1 Å². The number of ether oxygens (including phenoxy) is 2. The molecule has 2 aromatic rings. The molecular weight excluding hydrogens is 423 g/mol. The molecule has 0 atom stereocenters. The number of imide groups is 1. The summed E-state index contributed by atoms with van der Waals surface area (Å²) in [5, 5.41) is 2.27. The number of hydrogen-bond donors (Lipinski definition) is 1. The lowest BCUT2D eigenvalue weighted by atomic mass is 10.1. The number of nitrogens with zero attached hydrogens (tertiary/aromatic N) is 1. The fourth-order valence-corrected chi connectivity index (χ4v) is 3.87. The SMILES string of the molecule is COc1cc(C(=O)NCCN2C(=O)S/C(=C\c3ccc(F)cc3)C2=O)cc(OC)c1C. The van der Waals surface area contributed by atoms with Crippen molar-refractivity contribution in [2.45, 2.75) is 6.92 Å². The summed E-state index contributed by atoms with van der Waals surface area (Å²) < 4.78 is 23.6. The summed E-state index contributed by atoms with van der Waals surface area (Å²) in [6.07, 6.45) is 1.54. The zero-order chi connectivity index (χ0) is 22.5. The van der Waals surface area contributed by atoms with Crippen molar-refractivity contribution in [1.82, 2.24) is 10.2 Å². The molecule has 0 radical (unpaired) electrons. The number of thioether (sulfide) groups is 1. The van der Waals surface area contributed by atoms with Crippen molar-refractivity contribution in [3.63, 3.8) is 0 Å². The monoisotopic (exact) mass is 444 g/mol. The minimum atomic E-state index is -0.452. The lowest BCUT2D eigenvalue weighted by Crippen LogP contribution is -2.37. The molecule has 7 nitrogen and oxygen atoms in total. The number of carbonyl (C=O) groups is 3. The molecule has 0 spiro atoms. The van der Waals surface area contributed by atoms with Crippen molar-refractivity contribution >= 4 is 34.9 Å². The van der Waals surface area contributed by atoms with Crippen LogP contribution in [0.5, 0.6) is 11.5 Å². The number of methoxy groups -OCH3 is 2. The van der Waals surface area contributed by atoms with Crippen LogP contribution in [-0.2, 0) is 4.79 Å². The number of benzene rings is 2. The third kappa shape index (κ3) is 5.05. The quantitative estimate of drug-likeness (QED) is 0.657. The highest BCUT2D eigenvalue weighted by Crippen LogP contribution is 2.32. The first-order valence-corrected chi connectivity index (χ1v) is 10.2. The zero-order valence-electron chi connectivity index (χ0n) is 17.2. The van der Waals surface area contributed by atoms with Gasteiger partial charge < -0.3 is 14.8 Å². The van der Waals surface area contributed by atoms with Crippen LogP contribution in [0.3, 0.4) is 0 Å². The first-order chi connectivity index (χ1) is 14.8. The van der Waals surface area contributed by atoms with Gasteiger partial charge in [-0.3, -0.25) is 19.3 Å². The highest BCUT2D eigenvalue weighted by molar-refractivity contribution is 8.18. The van der Waals surface area contributed by atoms with E-state index in [2.05, 4.69) is 5.32 Å². The molecule has 3 rings (SSSR count). The molecule has 2 aromatic carbocycles. The molecule has 3 amide bonds. The molecule has 1 N–H and O–H groups in total. The average Bonchev–Trinajstić information content (AvgIpc) is 3.02. The van der Waals surface area contributed by atoms with Crippen LogP contribution in [0, 0.1) is 12.7 Å². The fourth-order valence-electron chi connectivity index (χ4n) is 3.00. The molecule has 1 aliphatic heterocycles. The molecule has 9 heteroatoms. The standard InChI is InChI=1S/C22H21FN2O5S/c1-13-17(29-2)11-15(12-18(13)30-3)20(26)24-8-9-25-21(27)19(31-22(25)28)10-14-4-6-16(23)7-5-14/h4-7,10-12H,8-9H2,1-3H3,(H,24,26)/b19-10-. The summed E-state index contributed by atoms with van der Waals surface area (Å²) in [7, 11) is 3.01. The van der Waals surface area contributed by atoms with Crippen LogP contribution in [0.2, 0.25) is 0 Å². The maximum atomic E-state index is 13.0. The number of rotatable bonds is 7. The summed E-state index contributed by atoms with van der Waals surface area (Å²) in [6.45, 7) is 1.93. The van der Waals surface area contributed by atoms with Gasteiger partial charge in [-0.15, -0.1) is 0 Å². The Morgan fingerprint density at radius 1 is 1.13 bits per heavy atom. The largest absolute Gasteiger partial charge is 0.496 e. The molecule has 1 fully saturated rings. The van der Waals surface area contributed by atoms with Gasteiger partial charge in [0.2, 0.25) is 0 Å². The Kier molecular flexibility index (Phi) is 6.96. The molecular formula is C22H21FN2O5S. The molecule has 0 aromatic heterocycles. The van der Waals surface area contributed by atoms with Crippen LogP contribution >= 0.6 is 11.8 Å². The Bertz CT molecular complexity index is 1030. The van der Waals surface area contributed by atoms with E-state index in [-0.39, 0.29) is 29.7 Å². The molecule has 0 unspecified atom stereocenters. The topological polar surface area (TPSA) is 84.9 Å². The number of carbonyl (C=O) groups excluding carboxylic acids is 3. The van der Waals surface area contributed by atoms with E-state index in [0.717, 1.165) is 22.2 Å². The summed E-state index contributed by atoms with van der Waals surface area (Å²) in [6, 6.07) is 8.79. The maximum absolute atomic E-state index is 13.0. The Morgan fingerprint density at radius 2 is 1.74 bits per heavy atom. The zero-order valence-corrected chi connectivity index (χ0v) is 18.0. The van der Waals surface area contributed by atoms with Gasteiger partial charge >= 0.3 is 0 Å². The van der Waals surface area contributed by atoms with Gasteiger partial charge in [-0.25, -0.2) is 4.39 Å². The van der Waals surface area contributed by atoms with E-state index < -0.39 is 11.1 Å². The van der Waals surface area contributed by atoms with Crippen LogP contribution in [0.1, 0.15) is 21.5 Å². The molecule has 1 saturated heterocycles. The molecule has 1 aliphatic rings. The molecule has 0 aliphatic carbocycles. The summed E-state index contributed by atoms with van der Waals surface area (Å²) in [5.41, 5.74) is 1.72. The third-order valence-corrected chi connectivity index (χ3v) is 5.58. The summed E-state index contributed by atoms with van der Waals surface area (Å²) >= 11 is 0.807. The second kappa shape index (κ2) is 9.65. The Morgan fingerprint density at radius 3 is 2.32 bits per heavy atom. The van der Waals surface area contributed by atoms with Gasteiger partial charge in [0.15, 0.2) is 0 Å².